The first-order valence-corrected chi connectivity index (χ1v) is 6.37. The van der Waals surface area contributed by atoms with Crippen LogP contribution in [0.4, 0.5) is 13.2 Å². The van der Waals surface area contributed by atoms with Crippen LogP contribution in [0.2, 0.25) is 0 Å². The fourth-order valence-electron chi connectivity index (χ4n) is 2.34. The van der Waals surface area contributed by atoms with E-state index in [4.69, 9.17) is 10.2 Å². The van der Waals surface area contributed by atoms with Crippen molar-refractivity contribution >= 4 is 11.9 Å². The predicted molar refractivity (Wildman–Crippen MR) is 72.1 cm³/mol. The van der Waals surface area contributed by atoms with E-state index in [2.05, 4.69) is 6.58 Å². The highest BCUT2D eigenvalue weighted by Crippen LogP contribution is 2.40. The second-order valence-electron chi connectivity index (χ2n) is 4.83. The molecule has 120 valence electrons. The molecule has 0 heterocycles. The van der Waals surface area contributed by atoms with Crippen molar-refractivity contribution in [3.8, 4) is 0 Å². The van der Waals surface area contributed by atoms with Crippen LogP contribution in [0.15, 0.2) is 36.9 Å². The van der Waals surface area contributed by atoms with Crippen LogP contribution < -0.4 is 0 Å². The second-order valence-corrected chi connectivity index (χ2v) is 4.83. The van der Waals surface area contributed by atoms with Gasteiger partial charge in [-0.25, -0.2) is 13.2 Å². The fourth-order valence-corrected chi connectivity index (χ4v) is 2.34. The molecule has 0 radical (unpaired) electrons. The minimum Gasteiger partial charge on any atom is -0.480 e. The van der Waals surface area contributed by atoms with Crippen LogP contribution in [-0.4, -0.2) is 28.6 Å². The molecule has 1 aromatic carbocycles. The van der Waals surface area contributed by atoms with Gasteiger partial charge in [0, 0.05) is 0 Å². The standard InChI is InChI=1S/C15H15F3O4/c1-2-3-10(8-9-4-6-11(16)7-5-9)15(12(17)18,13(19)20)14(21)22/h2,4-7,10,12H,1,3,8H2,(H,19,20)(H,21,22). The molecule has 1 atom stereocenters. The summed E-state index contributed by atoms with van der Waals surface area (Å²) in [5.41, 5.74) is -2.89. The van der Waals surface area contributed by atoms with Crippen molar-refractivity contribution in [1.29, 1.82) is 0 Å². The molecule has 0 spiro atoms. The van der Waals surface area contributed by atoms with Gasteiger partial charge in [0.1, 0.15) is 5.82 Å². The van der Waals surface area contributed by atoms with E-state index < -0.39 is 35.5 Å². The van der Waals surface area contributed by atoms with Crippen molar-refractivity contribution in [2.45, 2.75) is 19.3 Å². The molecule has 0 bridgehead atoms. The van der Waals surface area contributed by atoms with Gasteiger partial charge < -0.3 is 10.2 Å². The van der Waals surface area contributed by atoms with Gasteiger partial charge in [-0.2, -0.15) is 0 Å². The van der Waals surface area contributed by atoms with Gasteiger partial charge in [0.2, 0.25) is 5.41 Å². The number of alkyl halides is 2. The van der Waals surface area contributed by atoms with Crippen molar-refractivity contribution in [2.75, 3.05) is 0 Å². The monoisotopic (exact) mass is 316 g/mol. The quantitative estimate of drug-likeness (QED) is 0.571. The summed E-state index contributed by atoms with van der Waals surface area (Å²) in [6.45, 7) is 3.36. The Kier molecular flexibility index (Phi) is 5.73. The zero-order chi connectivity index (χ0) is 16.9. The number of carbonyl (C=O) groups is 2. The Morgan fingerprint density at radius 1 is 1.18 bits per heavy atom. The number of rotatable bonds is 8. The maximum Gasteiger partial charge on any atom is 0.327 e. The molecular formula is C15H15F3O4. The van der Waals surface area contributed by atoms with E-state index >= 15 is 0 Å². The molecule has 0 saturated carbocycles. The van der Waals surface area contributed by atoms with Crippen LogP contribution in [0.3, 0.4) is 0 Å². The van der Waals surface area contributed by atoms with Crippen LogP contribution in [0.25, 0.3) is 0 Å². The van der Waals surface area contributed by atoms with Gasteiger partial charge >= 0.3 is 11.9 Å². The fraction of sp³-hybridized carbons (Fsp3) is 0.333. The van der Waals surface area contributed by atoms with Crippen LogP contribution in [-0.2, 0) is 16.0 Å². The van der Waals surface area contributed by atoms with Crippen LogP contribution in [0.5, 0.6) is 0 Å². The van der Waals surface area contributed by atoms with E-state index in [1.54, 1.807) is 0 Å². The van der Waals surface area contributed by atoms with Crippen molar-refractivity contribution in [2.24, 2.45) is 11.3 Å². The summed E-state index contributed by atoms with van der Waals surface area (Å²) in [7, 11) is 0. The summed E-state index contributed by atoms with van der Waals surface area (Å²) in [5, 5.41) is 18.3. The summed E-state index contributed by atoms with van der Waals surface area (Å²) in [5.74, 6) is -6.18. The Hall–Kier alpha value is -2.31. The molecule has 0 aliphatic carbocycles. The SMILES string of the molecule is C=CCC(Cc1ccc(F)cc1)C(C(=O)O)(C(=O)O)C(F)F. The predicted octanol–water partition coefficient (Wildman–Crippen LogP) is 2.98. The summed E-state index contributed by atoms with van der Waals surface area (Å²) >= 11 is 0. The molecule has 7 heteroatoms. The molecule has 22 heavy (non-hydrogen) atoms. The number of carboxylic acid groups (broad SMARTS) is 2. The topological polar surface area (TPSA) is 74.6 Å². The van der Waals surface area contributed by atoms with Crippen molar-refractivity contribution in [1.82, 2.24) is 0 Å². The van der Waals surface area contributed by atoms with Gasteiger partial charge in [-0.1, -0.05) is 18.2 Å². The lowest BCUT2D eigenvalue weighted by atomic mass is 9.71. The lowest BCUT2D eigenvalue weighted by Gasteiger charge is -2.32. The summed E-state index contributed by atoms with van der Waals surface area (Å²) < 4.78 is 39.5. The van der Waals surface area contributed by atoms with E-state index in [9.17, 15) is 22.8 Å². The molecule has 0 aliphatic heterocycles. The number of halogens is 3. The van der Waals surface area contributed by atoms with Crippen LogP contribution in [0, 0.1) is 17.2 Å². The van der Waals surface area contributed by atoms with Crippen LogP contribution in [0.1, 0.15) is 12.0 Å². The largest absolute Gasteiger partial charge is 0.480 e. The zero-order valence-electron chi connectivity index (χ0n) is 11.5. The van der Waals surface area contributed by atoms with Crippen molar-refractivity contribution in [3.05, 3.63) is 48.3 Å². The number of aliphatic carboxylic acids is 2. The highest BCUT2D eigenvalue weighted by molar-refractivity contribution is 5.99. The normalized spacial score (nSPS) is 12.9. The molecule has 4 nitrogen and oxygen atoms in total. The average molecular weight is 316 g/mol. The summed E-state index contributed by atoms with van der Waals surface area (Å²) in [6.07, 6.45) is -2.90. The van der Waals surface area contributed by atoms with Crippen molar-refractivity contribution < 1.29 is 33.0 Å². The highest BCUT2D eigenvalue weighted by atomic mass is 19.3. The Morgan fingerprint density at radius 2 is 1.68 bits per heavy atom. The smallest absolute Gasteiger partial charge is 0.327 e. The minimum atomic E-state index is -3.60. The molecule has 0 aromatic heterocycles. The second kappa shape index (κ2) is 7.11. The Bertz CT molecular complexity index is 540. The van der Waals surface area contributed by atoms with E-state index in [1.807, 2.05) is 0 Å². The first kappa shape index (κ1) is 17.7. The number of carboxylic acids is 2. The van der Waals surface area contributed by atoms with E-state index in [0.29, 0.717) is 5.56 Å². The van der Waals surface area contributed by atoms with E-state index in [0.717, 1.165) is 12.1 Å². The third kappa shape index (κ3) is 3.29. The molecule has 2 N–H and O–H groups in total. The zero-order valence-corrected chi connectivity index (χ0v) is 11.5. The van der Waals surface area contributed by atoms with Gasteiger partial charge in [0.05, 0.1) is 0 Å². The molecule has 0 amide bonds. The molecule has 1 rings (SSSR count). The first-order chi connectivity index (χ1) is 10.3. The van der Waals surface area contributed by atoms with E-state index in [1.165, 1.54) is 18.2 Å². The molecular weight excluding hydrogens is 301 g/mol. The number of allylic oxidation sites excluding steroid dienone is 1. The maximum absolute atomic E-state index is 13.3. The third-order valence-corrected chi connectivity index (χ3v) is 3.54. The number of hydrogen-bond acceptors (Lipinski definition) is 2. The van der Waals surface area contributed by atoms with Gasteiger partial charge in [-0.15, -0.1) is 6.58 Å². The van der Waals surface area contributed by atoms with Gasteiger partial charge in [-0.05, 0) is 36.5 Å². The average Bonchev–Trinajstić information content (AvgIpc) is 2.40. The lowest BCUT2D eigenvalue weighted by Crippen LogP contribution is -2.52. The number of hydrogen-bond donors (Lipinski definition) is 2. The van der Waals surface area contributed by atoms with Gasteiger partial charge in [0.25, 0.3) is 6.43 Å². The third-order valence-electron chi connectivity index (χ3n) is 3.54. The van der Waals surface area contributed by atoms with E-state index in [-0.39, 0.29) is 12.8 Å². The number of benzene rings is 1. The molecule has 0 aliphatic rings. The molecule has 0 saturated heterocycles. The Morgan fingerprint density at radius 3 is 2.05 bits per heavy atom. The van der Waals surface area contributed by atoms with Gasteiger partial charge in [-0.3, -0.25) is 9.59 Å². The molecule has 0 fully saturated rings. The highest BCUT2D eigenvalue weighted by Gasteiger charge is 2.59. The molecule has 1 unspecified atom stereocenters. The maximum atomic E-state index is 13.3. The first-order valence-electron chi connectivity index (χ1n) is 6.37. The lowest BCUT2D eigenvalue weighted by molar-refractivity contribution is -0.183. The van der Waals surface area contributed by atoms with Gasteiger partial charge in [0.15, 0.2) is 0 Å². The Balaban J connectivity index is 3.29. The van der Waals surface area contributed by atoms with Crippen molar-refractivity contribution in [3.63, 3.8) is 0 Å². The van der Waals surface area contributed by atoms with Crippen LogP contribution >= 0.6 is 0 Å². The summed E-state index contributed by atoms with van der Waals surface area (Å²) in [6, 6.07) is 4.77. The summed E-state index contributed by atoms with van der Waals surface area (Å²) in [4.78, 5) is 22.6. The minimum absolute atomic E-state index is 0.236. The molecule has 1 aromatic rings. The Labute approximate surface area is 124 Å².